The minimum atomic E-state index is -0.260. The summed E-state index contributed by atoms with van der Waals surface area (Å²) in [6.07, 6.45) is 1.12. The van der Waals surface area contributed by atoms with Crippen molar-refractivity contribution in [2.75, 3.05) is 26.0 Å². The summed E-state index contributed by atoms with van der Waals surface area (Å²) in [5, 5.41) is 3.76. The van der Waals surface area contributed by atoms with E-state index < -0.39 is 0 Å². The monoisotopic (exact) mass is 188 g/mol. The molecule has 0 aromatic rings. The van der Waals surface area contributed by atoms with Gasteiger partial charge in [0.1, 0.15) is 6.54 Å². The highest BCUT2D eigenvalue weighted by atomic mass is 32.2. The first-order chi connectivity index (χ1) is 5.83. The molecule has 1 aliphatic heterocycles. The normalized spacial score (nSPS) is 16.6. The molecule has 0 unspecified atom stereocenters. The molecule has 0 atom stereocenters. The summed E-state index contributed by atoms with van der Waals surface area (Å²) in [6.45, 7) is 1.07. The fourth-order valence-corrected chi connectivity index (χ4v) is 1.61. The molecule has 4 nitrogen and oxygen atoms in total. The molecule has 0 aromatic carbocycles. The van der Waals surface area contributed by atoms with Crippen LogP contribution >= 0.6 is 11.8 Å². The zero-order valence-electron chi connectivity index (χ0n) is 7.00. The zero-order valence-corrected chi connectivity index (χ0v) is 7.82. The van der Waals surface area contributed by atoms with Gasteiger partial charge < -0.3 is 10.1 Å². The number of hydrogen-bond acceptors (Lipinski definition) is 5. The maximum Gasteiger partial charge on any atom is 0.325 e. The summed E-state index contributed by atoms with van der Waals surface area (Å²) in [5.74, 6) is 0.816. The first-order valence-electron chi connectivity index (χ1n) is 3.81. The van der Waals surface area contributed by atoms with Gasteiger partial charge in [-0.05, 0) is 6.42 Å². The number of carbonyl (C=O) groups is 1. The van der Waals surface area contributed by atoms with E-state index in [0.717, 1.165) is 23.9 Å². The van der Waals surface area contributed by atoms with Gasteiger partial charge in [-0.1, -0.05) is 11.8 Å². The Balaban J connectivity index is 2.21. The third-order valence-corrected chi connectivity index (χ3v) is 2.45. The van der Waals surface area contributed by atoms with Crippen LogP contribution in [0.1, 0.15) is 6.42 Å². The highest BCUT2D eigenvalue weighted by molar-refractivity contribution is 8.13. The molecule has 5 heteroatoms. The SMILES string of the molecule is COC(=O)CNC1=NCCCS1. The molecule has 68 valence electrons. The predicted molar refractivity (Wildman–Crippen MR) is 49.4 cm³/mol. The van der Waals surface area contributed by atoms with Crippen LogP contribution in [-0.2, 0) is 9.53 Å². The van der Waals surface area contributed by atoms with E-state index in [9.17, 15) is 4.79 Å². The number of aliphatic imine (C=N–C) groups is 1. The van der Waals surface area contributed by atoms with E-state index in [-0.39, 0.29) is 12.5 Å². The lowest BCUT2D eigenvalue weighted by atomic mass is 10.5. The van der Waals surface area contributed by atoms with E-state index in [1.807, 2.05) is 0 Å². The quantitative estimate of drug-likeness (QED) is 0.631. The standard InChI is InChI=1S/C7H12N2O2S/c1-11-6(10)5-9-7-8-3-2-4-12-7/h2-5H2,1H3,(H,8,9). The van der Waals surface area contributed by atoms with E-state index >= 15 is 0 Å². The summed E-state index contributed by atoms with van der Waals surface area (Å²) in [4.78, 5) is 14.9. The molecule has 1 heterocycles. The average Bonchev–Trinajstić information content (AvgIpc) is 2.16. The van der Waals surface area contributed by atoms with Crippen LogP contribution in [0.25, 0.3) is 0 Å². The van der Waals surface area contributed by atoms with Crippen molar-refractivity contribution in [1.29, 1.82) is 0 Å². The maximum atomic E-state index is 10.7. The molecule has 0 fully saturated rings. The number of amidine groups is 1. The van der Waals surface area contributed by atoms with Gasteiger partial charge in [-0.2, -0.15) is 0 Å². The molecule has 0 amide bonds. The van der Waals surface area contributed by atoms with Crippen LogP contribution in [0.3, 0.4) is 0 Å². The van der Waals surface area contributed by atoms with Gasteiger partial charge in [0.25, 0.3) is 0 Å². The van der Waals surface area contributed by atoms with Gasteiger partial charge in [-0.15, -0.1) is 0 Å². The maximum absolute atomic E-state index is 10.7. The van der Waals surface area contributed by atoms with Crippen LogP contribution in [0, 0.1) is 0 Å². The number of rotatable bonds is 2. The van der Waals surface area contributed by atoms with Crippen LogP contribution in [-0.4, -0.2) is 37.1 Å². The summed E-state index contributed by atoms with van der Waals surface area (Å²) >= 11 is 1.65. The number of thioether (sulfide) groups is 1. The van der Waals surface area contributed by atoms with Crippen molar-refractivity contribution in [3.8, 4) is 0 Å². The minimum Gasteiger partial charge on any atom is -0.468 e. The molecule has 1 rings (SSSR count). The molecule has 1 aliphatic rings. The van der Waals surface area contributed by atoms with E-state index in [1.54, 1.807) is 11.8 Å². The molecule has 0 spiro atoms. The van der Waals surface area contributed by atoms with Gasteiger partial charge >= 0.3 is 5.97 Å². The molecule has 1 N–H and O–H groups in total. The molecule has 0 saturated heterocycles. The fourth-order valence-electron chi connectivity index (χ4n) is 0.787. The Labute approximate surface area is 75.8 Å². The Hall–Kier alpha value is -0.710. The highest BCUT2D eigenvalue weighted by Gasteiger charge is 2.06. The molecule has 0 radical (unpaired) electrons. The zero-order chi connectivity index (χ0) is 8.81. The Morgan fingerprint density at radius 2 is 2.67 bits per heavy atom. The Bertz CT molecular complexity index is 194. The third kappa shape index (κ3) is 3.13. The lowest BCUT2D eigenvalue weighted by Crippen LogP contribution is -2.29. The highest BCUT2D eigenvalue weighted by Crippen LogP contribution is 2.09. The summed E-state index contributed by atoms with van der Waals surface area (Å²) in [5.41, 5.74) is 0. The molecule has 0 aromatic heterocycles. The lowest BCUT2D eigenvalue weighted by molar-refractivity contribution is -0.139. The van der Waals surface area contributed by atoms with Crippen molar-refractivity contribution in [3.63, 3.8) is 0 Å². The number of methoxy groups -OCH3 is 1. The molecular weight excluding hydrogens is 176 g/mol. The van der Waals surface area contributed by atoms with E-state index in [1.165, 1.54) is 7.11 Å². The van der Waals surface area contributed by atoms with Gasteiger partial charge in [0.2, 0.25) is 0 Å². The van der Waals surface area contributed by atoms with Crippen LogP contribution in [0.5, 0.6) is 0 Å². The topological polar surface area (TPSA) is 50.7 Å². The largest absolute Gasteiger partial charge is 0.468 e. The van der Waals surface area contributed by atoms with Gasteiger partial charge in [0.05, 0.1) is 7.11 Å². The first kappa shape index (κ1) is 9.38. The van der Waals surface area contributed by atoms with Crippen molar-refractivity contribution in [2.45, 2.75) is 6.42 Å². The Kier molecular flexibility index (Phi) is 3.93. The number of esters is 1. The van der Waals surface area contributed by atoms with Gasteiger partial charge in [0.15, 0.2) is 5.17 Å². The van der Waals surface area contributed by atoms with Gasteiger partial charge in [-0.25, -0.2) is 0 Å². The smallest absolute Gasteiger partial charge is 0.325 e. The first-order valence-corrected chi connectivity index (χ1v) is 4.79. The van der Waals surface area contributed by atoms with Crippen LogP contribution < -0.4 is 5.32 Å². The van der Waals surface area contributed by atoms with Crippen molar-refractivity contribution < 1.29 is 9.53 Å². The fraction of sp³-hybridized carbons (Fsp3) is 0.714. The number of nitrogens with zero attached hydrogens (tertiary/aromatic N) is 1. The summed E-state index contributed by atoms with van der Waals surface area (Å²) in [6, 6.07) is 0. The van der Waals surface area contributed by atoms with Gasteiger partial charge in [-0.3, -0.25) is 9.79 Å². The van der Waals surface area contributed by atoms with Crippen molar-refractivity contribution in [3.05, 3.63) is 0 Å². The average molecular weight is 188 g/mol. The predicted octanol–water partition coefficient (Wildman–Crippen LogP) is 0.242. The van der Waals surface area contributed by atoms with Crippen LogP contribution in [0.4, 0.5) is 0 Å². The molecule has 12 heavy (non-hydrogen) atoms. The molecule has 0 aliphatic carbocycles. The molecule has 0 saturated carbocycles. The molecule has 0 bridgehead atoms. The second kappa shape index (κ2) is 5.03. The van der Waals surface area contributed by atoms with E-state index in [0.29, 0.717) is 0 Å². The van der Waals surface area contributed by atoms with Crippen molar-refractivity contribution >= 4 is 22.9 Å². The minimum absolute atomic E-state index is 0.211. The summed E-state index contributed by atoms with van der Waals surface area (Å²) in [7, 11) is 1.37. The van der Waals surface area contributed by atoms with E-state index in [2.05, 4.69) is 15.0 Å². The number of ether oxygens (including phenoxy) is 1. The Morgan fingerprint density at radius 1 is 1.83 bits per heavy atom. The number of hydrogen-bond donors (Lipinski definition) is 1. The second-order valence-corrected chi connectivity index (χ2v) is 3.40. The van der Waals surface area contributed by atoms with E-state index in [4.69, 9.17) is 0 Å². The van der Waals surface area contributed by atoms with Crippen LogP contribution in [0.15, 0.2) is 4.99 Å². The third-order valence-electron chi connectivity index (χ3n) is 1.41. The lowest BCUT2D eigenvalue weighted by Gasteiger charge is -2.11. The van der Waals surface area contributed by atoms with Crippen LogP contribution in [0.2, 0.25) is 0 Å². The summed E-state index contributed by atoms with van der Waals surface area (Å²) < 4.78 is 4.48. The van der Waals surface area contributed by atoms with Gasteiger partial charge in [0, 0.05) is 12.3 Å². The Morgan fingerprint density at radius 3 is 3.25 bits per heavy atom. The number of carbonyl (C=O) groups excluding carboxylic acids is 1. The van der Waals surface area contributed by atoms with Crippen molar-refractivity contribution in [1.82, 2.24) is 5.32 Å². The van der Waals surface area contributed by atoms with Crippen molar-refractivity contribution in [2.24, 2.45) is 4.99 Å². The number of nitrogens with one attached hydrogen (secondary N) is 1. The molecular formula is C7H12N2O2S. The second-order valence-electron chi connectivity index (χ2n) is 2.32.